The summed E-state index contributed by atoms with van der Waals surface area (Å²) in [6.07, 6.45) is 1.05. The van der Waals surface area contributed by atoms with Gasteiger partial charge in [-0.3, -0.25) is 9.10 Å². The van der Waals surface area contributed by atoms with E-state index in [-0.39, 0.29) is 13.1 Å². The quantitative estimate of drug-likeness (QED) is 0.695. The summed E-state index contributed by atoms with van der Waals surface area (Å²) in [5, 5.41) is 3.59. The molecule has 0 atom stereocenters. The highest BCUT2D eigenvalue weighted by Gasteiger charge is 2.21. The lowest BCUT2D eigenvalue weighted by Crippen LogP contribution is -2.40. The molecule has 6 nitrogen and oxygen atoms in total. The van der Waals surface area contributed by atoms with Crippen molar-refractivity contribution in [2.45, 2.75) is 13.5 Å². The van der Waals surface area contributed by atoms with Gasteiger partial charge in [0, 0.05) is 16.6 Å². The van der Waals surface area contributed by atoms with Gasteiger partial charge in [-0.05, 0) is 48.9 Å². The Labute approximate surface area is 169 Å². The van der Waals surface area contributed by atoms with E-state index in [0.29, 0.717) is 33.7 Å². The van der Waals surface area contributed by atoms with Crippen LogP contribution in [0.25, 0.3) is 0 Å². The zero-order valence-corrected chi connectivity index (χ0v) is 17.2. The van der Waals surface area contributed by atoms with Crippen LogP contribution in [0.15, 0.2) is 42.5 Å². The van der Waals surface area contributed by atoms with Gasteiger partial charge in [0.25, 0.3) is 0 Å². The lowest BCUT2D eigenvalue weighted by Gasteiger charge is -2.22. The fraction of sp³-hybridized carbons (Fsp3) is 0.278. The van der Waals surface area contributed by atoms with Gasteiger partial charge in [0.15, 0.2) is 0 Å². The van der Waals surface area contributed by atoms with E-state index in [0.717, 1.165) is 10.6 Å². The van der Waals surface area contributed by atoms with Crippen LogP contribution in [0.5, 0.6) is 5.75 Å². The Morgan fingerprint density at radius 2 is 1.81 bits per heavy atom. The number of nitrogens with one attached hydrogen (secondary N) is 1. The summed E-state index contributed by atoms with van der Waals surface area (Å²) in [5.41, 5.74) is 1.06. The number of carbonyl (C=O) groups excluding carboxylic acids is 1. The summed E-state index contributed by atoms with van der Waals surface area (Å²) in [6.45, 7) is 2.17. The van der Waals surface area contributed by atoms with E-state index in [2.05, 4.69) is 5.32 Å². The standard InChI is InChI=1S/C18H20Cl2N2O4S/c1-3-26-16-8-6-15(7-9-16)22(27(2,24)25)12-18(23)21-11-13-4-5-14(19)10-17(13)20/h4-10H,3,11-12H2,1-2H3,(H,21,23). The number of ether oxygens (including phenoxy) is 1. The summed E-state index contributed by atoms with van der Waals surface area (Å²) >= 11 is 11.9. The molecule has 146 valence electrons. The van der Waals surface area contributed by atoms with Crippen LogP contribution >= 0.6 is 23.2 Å². The molecule has 27 heavy (non-hydrogen) atoms. The topological polar surface area (TPSA) is 75.7 Å². The van der Waals surface area contributed by atoms with E-state index >= 15 is 0 Å². The molecule has 2 aromatic rings. The number of sulfonamides is 1. The van der Waals surface area contributed by atoms with Gasteiger partial charge in [-0.1, -0.05) is 29.3 Å². The van der Waals surface area contributed by atoms with Gasteiger partial charge >= 0.3 is 0 Å². The highest BCUT2D eigenvalue weighted by Crippen LogP contribution is 2.22. The van der Waals surface area contributed by atoms with Crippen LogP contribution in [0.3, 0.4) is 0 Å². The van der Waals surface area contributed by atoms with Gasteiger partial charge in [-0.25, -0.2) is 8.42 Å². The third-order valence-electron chi connectivity index (χ3n) is 3.61. The van der Waals surface area contributed by atoms with Gasteiger partial charge < -0.3 is 10.1 Å². The maximum Gasteiger partial charge on any atom is 0.241 e. The molecule has 0 aromatic heterocycles. The Morgan fingerprint density at radius 1 is 1.15 bits per heavy atom. The molecule has 2 rings (SSSR count). The molecule has 0 saturated carbocycles. The molecule has 0 saturated heterocycles. The minimum Gasteiger partial charge on any atom is -0.494 e. The number of amides is 1. The van der Waals surface area contributed by atoms with E-state index in [1.807, 2.05) is 6.92 Å². The smallest absolute Gasteiger partial charge is 0.241 e. The fourth-order valence-corrected chi connectivity index (χ4v) is 3.65. The second kappa shape index (κ2) is 9.30. The molecule has 0 aliphatic rings. The van der Waals surface area contributed by atoms with Gasteiger partial charge in [0.1, 0.15) is 12.3 Å². The maximum atomic E-state index is 12.3. The van der Waals surface area contributed by atoms with Crippen molar-refractivity contribution in [3.63, 3.8) is 0 Å². The van der Waals surface area contributed by atoms with E-state index in [4.69, 9.17) is 27.9 Å². The summed E-state index contributed by atoms with van der Waals surface area (Å²) < 4.78 is 30.6. The summed E-state index contributed by atoms with van der Waals surface area (Å²) in [5.74, 6) is 0.164. The number of rotatable bonds is 8. The molecule has 0 spiro atoms. The Morgan fingerprint density at radius 3 is 2.37 bits per heavy atom. The van der Waals surface area contributed by atoms with Crippen molar-refractivity contribution < 1.29 is 17.9 Å². The largest absolute Gasteiger partial charge is 0.494 e. The second-order valence-electron chi connectivity index (χ2n) is 5.71. The number of nitrogens with zero attached hydrogens (tertiary/aromatic N) is 1. The number of benzene rings is 2. The summed E-state index contributed by atoms with van der Waals surface area (Å²) in [4.78, 5) is 12.3. The Hall–Kier alpha value is -1.96. The van der Waals surface area contributed by atoms with Crippen LogP contribution in [0, 0.1) is 0 Å². The molecule has 0 unspecified atom stereocenters. The summed E-state index contributed by atoms with van der Waals surface area (Å²) in [7, 11) is -3.65. The van der Waals surface area contributed by atoms with E-state index in [1.165, 1.54) is 0 Å². The molecule has 0 aliphatic carbocycles. The zero-order valence-electron chi connectivity index (χ0n) is 14.9. The average molecular weight is 431 g/mol. The second-order valence-corrected chi connectivity index (χ2v) is 8.46. The van der Waals surface area contributed by atoms with Gasteiger partial charge in [0.2, 0.25) is 15.9 Å². The Kier molecular flexibility index (Phi) is 7.35. The Balaban J connectivity index is 2.08. The van der Waals surface area contributed by atoms with Crippen molar-refractivity contribution in [1.29, 1.82) is 0 Å². The maximum absolute atomic E-state index is 12.3. The predicted molar refractivity (Wildman–Crippen MR) is 108 cm³/mol. The van der Waals surface area contributed by atoms with Crippen molar-refractivity contribution in [2.75, 3.05) is 23.7 Å². The molecule has 1 amide bonds. The van der Waals surface area contributed by atoms with Crippen molar-refractivity contribution >= 4 is 44.8 Å². The lowest BCUT2D eigenvalue weighted by atomic mass is 10.2. The van der Waals surface area contributed by atoms with Gasteiger partial charge in [-0.2, -0.15) is 0 Å². The molecule has 9 heteroatoms. The molecular formula is C18H20Cl2N2O4S. The van der Waals surface area contributed by atoms with Crippen molar-refractivity contribution in [1.82, 2.24) is 5.32 Å². The highest BCUT2D eigenvalue weighted by atomic mass is 35.5. The lowest BCUT2D eigenvalue weighted by molar-refractivity contribution is -0.119. The number of hydrogen-bond acceptors (Lipinski definition) is 4. The highest BCUT2D eigenvalue weighted by molar-refractivity contribution is 7.92. The Bertz CT molecular complexity index is 902. The van der Waals surface area contributed by atoms with Crippen LogP contribution < -0.4 is 14.4 Å². The first-order chi connectivity index (χ1) is 12.7. The first-order valence-corrected chi connectivity index (χ1v) is 10.7. The van der Waals surface area contributed by atoms with Gasteiger partial charge in [-0.15, -0.1) is 0 Å². The molecule has 0 radical (unpaired) electrons. The summed E-state index contributed by atoms with van der Waals surface area (Å²) in [6, 6.07) is 11.4. The normalized spacial score (nSPS) is 11.1. The number of carbonyl (C=O) groups is 1. The average Bonchev–Trinajstić information content (AvgIpc) is 2.59. The molecule has 0 heterocycles. The third-order valence-corrected chi connectivity index (χ3v) is 5.34. The van der Waals surface area contributed by atoms with Crippen LogP contribution in [0.2, 0.25) is 10.0 Å². The zero-order chi connectivity index (χ0) is 20.0. The first kappa shape index (κ1) is 21.3. The van der Waals surface area contributed by atoms with E-state index < -0.39 is 15.9 Å². The minimum atomic E-state index is -3.65. The van der Waals surface area contributed by atoms with Crippen molar-refractivity contribution in [2.24, 2.45) is 0 Å². The number of halogens is 2. The molecule has 1 N–H and O–H groups in total. The monoisotopic (exact) mass is 430 g/mol. The van der Waals surface area contributed by atoms with E-state index in [9.17, 15) is 13.2 Å². The fourth-order valence-electron chi connectivity index (χ4n) is 2.32. The molecule has 0 aliphatic heterocycles. The third kappa shape index (κ3) is 6.30. The van der Waals surface area contributed by atoms with Crippen LogP contribution in [0.1, 0.15) is 12.5 Å². The molecule has 0 fully saturated rings. The molecule has 0 bridgehead atoms. The first-order valence-electron chi connectivity index (χ1n) is 8.12. The van der Waals surface area contributed by atoms with Crippen LogP contribution in [-0.4, -0.2) is 33.7 Å². The predicted octanol–water partition coefficient (Wildman–Crippen LogP) is 3.47. The van der Waals surface area contributed by atoms with Gasteiger partial charge in [0.05, 0.1) is 18.6 Å². The minimum absolute atomic E-state index is 0.162. The molecule has 2 aromatic carbocycles. The SMILES string of the molecule is CCOc1ccc(N(CC(=O)NCc2ccc(Cl)cc2Cl)S(C)(=O)=O)cc1. The van der Waals surface area contributed by atoms with Crippen molar-refractivity contribution in [3.8, 4) is 5.75 Å². The van der Waals surface area contributed by atoms with Crippen LogP contribution in [0.4, 0.5) is 5.69 Å². The van der Waals surface area contributed by atoms with Crippen LogP contribution in [-0.2, 0) is 21.4 Å². The van der Waals surface area contributed by atoms with E-state index in [1.54, 1.807) is 42.5 Å². The number of anilines is 1. The van der Waals surface area contributed by atoms with Crippen molar-refractivity contribution in [3.05, 3.63) is 58.1 Å². The molecular weight excluding hydrogens is 411 g/mol. The number of hydrogen-bond donors (Lipinski definition) is 1.